The molecule has 0 unspecified atom stereocenters. The van der Waals surface area contributed by atoms with Crippen LogP contribution in [0.25, 0.3) is 10.9 Å². The van der Waals surface area contributed by atoms with Gasteiger partial charge in [-0.25, -0.2) is 13.2 Å². The lowest BCUT2D eigenvalue weighted by molar-refractivity contribution is 0.0980. The number of hydrogen-bond acceptors (Lipinski definition) is 4. The van der Waals surface area contributed by atoms with Crippen LogP contribution in [0.3, 0.4) is 0 Å². The van der Waals surface area contributed by atoms with E-state index in [4.69, 9.17) is 4.74 Å². The van der Waals surface area contributed by atoms with E-state index < -0.39 is 6.43 Å². The first-order chi connectivity index (χ1) is 12.7. The van der Waals surface area contributed by atoms with Crippen LogP contribution in [-0.2, 0) is 13.1 Å². The molecule has 1 fully saturated rings. The highest BCUT2D eigenvalue weighted by Gasteiger charge is 2.22. The van der Waals surface area contributed by atoms with Gasteiger partial charge in [0.15, 0.2) is 0 Å². The molecule has 0 aliphatic carbocycles. The van der Waals surface area contributed by atoms with Crippen LogP contribution in [0.4, 0.5) is 8.78 Å². The maximum absolute atomic E-state index is 12.7. The number of likely N-dealkylation sites (tertiary alicyclic amines) is 1. The van der Waals surface area contributed by atoms with Gasteiger partial charge in [-0.15, -0.1) is 0 Å². The SMILES string of the molecule is FC(F)Cn1ccc2c(OC3CCN(Cc4cnsc4)CC3)cccc21. The first-order valence-electron chi connectivity index (χ1n) is 8.82. The molecule has 26 heavy (non-hydrogen) atoms. The molecule has 0 atom stereocenters. The molecule has 1 aliphatic heterocycles. The van der Waals surface area contributed by atoms with Crippen molar-refractivity contribution in [2.75, 3.05) is 13.1 Å². The predicted octanol–water partition coefficient (Wildman–Crippen LogP) is 4.41. The van der Waals surface area contributed by atoms with Gasteiger partial charge in [0.2, 0.25) is 0 Å². The molecule has 0 N–H and O–H groups in total. The Morgan fingerprint density at radius 1 is 1.23 bits per heavy atom. The molecule has 0 amide bonds. The topological polar surface area (TPSA) is 30.3 Å². The zero-order chi connectivity index (χ0) is 17.9. The molecule has 3 heterocycles. The number of fused-ring (bicyclic) bond motifs is 1. The quantitative estimate of drug-likeness (QED) is 0.638. The van der Waals surface area contributed by atoms with Gasteiger partial charge in [0.1, 0.15) is 11.9 Å². The Hall–Kier alpha value is -1.99. The van der Waals surface area contributed by atoms with E-state index in [-0.39, 0.29) is 12.6 Å². The maximum Gasteiger partial charge on any atom is 0.256 e. The number of hydrogen-bond donors (Lipinski definition) is 0. The molecule has 1 aliphatic rings. The number of aromatic nitrogens is 2. The minimum Gasteiger partial charge on any atom is -0.490 e. The summed E-state index contributed by atoms with van der Waals surface area (Å²) in [5.74, 6) is 0.788. The van der Waals surface area contributed by atoms with Gasteiger partial charge in [-0.3, -0.25) is 4.90 Å². The molecule has 3 aromatic rings. The molecular formula is C19H21F2N3OS. The van der Waals surface area contributed by atoms with Crippen molar-refractivity contribution in [3.63, 3.8) is 0 Å². The lowest BCUT2D eigenvalue weighted by Gasteiger charge is -2.32. The number of nitrogens with zero attached hydrogens (tertiary/aromatic N) is 3. The second-order valence-electron chi connectivity index (χ2n) is 6.67. The smallest absolute Gasteiger partial charge is 0.256 e. The van der Waals surface area contributed by atoms with E-state index in [0.717, 1.165) is 49.1 Å². The first kappa shape index (κ1) is 17.4. The Morgan fingerprint density at radius 3 is 2.81 bits per heavy atom. The lowest BCUT2D eigenvalue weighted by Crippen LogP contribution is -2.37. The van der Waals surface area contributed by atoms with Crippen LogP contribution in [0.1, 0.15) is 18.4 Å². The average molecular weight is 377 g/mol. The van der Waals surface area contributed by atoms with Crippen molar-refractivity contribution in [2.45, 2.75) is 38.5 Å². The van der Waals surface area contributed by atoms with Gasteiger partial charge in [-0.1, -0.05) is 6.07 Å². The highest BCUT2D eigenvalue weighted by molar-refractivity contribution is 7.03. The number of rotatable bonds is 6. The third-order valence-corrected chi connectivity index (χ3v) is 5.46. The monoisotopic (exact) mass is 377 g/mol. The number of alkyl halides is 2. The van der Waals surface area contributed by atoms with Gasteiger partial charge in [0.25, 0.3) is 6.43 Å². The predicted molar refractivity (Wildman–Crippen MR) is 99.0 cm³/mol. The molecule has 4 rings (SSSR count). The van der Waals surface area contributed by atoms with Crippen molar-refractivity contribution in [1.29, 1.82) is 0 Å². The summed E-state index contributed by atoms with van der Waals surface area (Å²) in [6, 6.07) is 7.53. The van der Waals surface area contributed by atoms with Gasteiger partial charge < -0.3 is 9.30 Å². The number of piperidine rings is 1. The molecule has 4 nitrogen and oxygen atoms in total. The van der Waals surface area contributed by atoms with Gasteiger partial charge in [0, 0.05) is 42.8 Å². The Morgan fingerprint density at radius 2 is 2.08 bits per heavy atom. The van der Waals surface area contributed by atoms with E-state index in [1.807, 2.05) is 30.5 Å². The summed E-state index contributed by atoms with van der Waals surface area (Å²) in [7, 11) is 0. The van der Waals surface area contributed by atoms with Crippen molar-refractivity contribution in [2.24, 2.45) is 0 Å². The highest BCUT2D eigenvalue weighted by atomic mass is 32.1. The standard InChI is InChI=1S/C19H21F2N3OS/c20-19(21)12-24-9-6-16-17(24)2-1-3-18(16)25-15-4-7-23(8-5-15)11-14-10-22-26-13-14/h1-3,6,9-10,13,15,19H,4-5,7-8,11-12H2. The lowest BCUT2D eigenvalue weighted by atomic mass is 10.1. The Bertz CT molecular complexity index is 842. The average Bonchev–Trinajstić information content (AvgIpc) is 3.27. The van der Waals surface area contributed by atoms with Crippen LogP contribution >= 0.6 is 11.5 Å². The summed E-state index contributed by atoms with van der Waals surface area (Å²) in [4.78, 5) is 2.42. The normalized spacial score (nSPS) is 16.6. The van der Waals surface area contributed by atoms with Gasteiger partial charge in [-0.05, 0) is 48.1 Å². The first-order valence-corrected chi connectivity index (χ1v) is 9.66. The highest BCUT2D eigenvalue weighted by Crippen LogP contribution is 2.29. The number of ether oxygens (including phenoxy) is 1. The fraction of sp³-hybridized carbons (Fsp3) is 0.421. The van der Waals surface area contributed by atoms with Gasteiger partial charge in [-0.2, -0.15) is 0 Å². The summed E-state index contributed by atoms with van der Waals surface area (Å²) < 4.78 is 37.4. The molecule has 7 heteroatoms. The van der Waals surface area contributed by atoms with E-state index in [2.05, 4.69) is 14.7 Å². The molecule has 0 bridgehead atoms. The van der Waals surface area contributed by atoms with Crippen LogP contribution in [0.2, 0.25) is 0 Å². The Balaban J connectivity index is 1.39. The Labute approximate surface area is 155 Å². The fourth-order valence-electron chi connectivity index (χ4n) is 3.53. The van der Waals surface area contributed by atoms with Gasteiger partial charge in [0.05, 0.1) is 12.1 Å². The third kappa shape index (κ3) is 3.88. The zero-order valence-corrected chi connectivity index (χ0v) is 15.2. The van der Waals surface area contributed by atoms with E-state index in [9.17, 15) is 8.78 Å². The van der Waals surface area contributed by atoms with E-state index in [0.29, 0.717) is 0 Å². The van der Waals surface area contributed by atoms with Crippen molar-refractivity contribution in [1.82, 2.24) is 13.8 Å². The summed E-state index contributed by atoms with van der Waals surface area (Å²) in [6.45, 7) is 2.63. The van der Waals surface area contributed by atoms with Crippen molar-refractivity contribution in [3.05, 3.63) is 47.6 Å². The van der Waals surface area contributed by atoms with E-state index >= 15 is 0 Å². The fourth-order valence-corrected chi connectivity index (χ4v) is 4.06. The molecule has 138 valence electrons. The van der Waals surface area contributed by atoms with Crippen LogP contribution in [0, 0.1) is 0 Å². The van der Waals surface area contributed by atoms with Crippen molar-refractivity contribution >= 4 is 22.4 Å². The number of benzene rings is 1. The molecular weight excluding hydrogens is 356 g/mol. The van der Waals surface area contributed by atoms with E-state index in [1.54, 1.807) is 10.8 Å². The van der Waals surface area contributed by atoms with Gasteiger partial charge >= 0.3 is 0 Å². The maximum atomic E-state index is 12.7. The summed E-state index contributed by atoms with van der Waals surface area (Å²) >= 11 is 1.49. The summed E-state index contributed by atoms with van der Waals surface area (Å²) in [5, 5.41) is 2.99. The summed E-state index contributed by atoms with van der Waals surface area (Å²) in [5.41, 5.74) is 2.06. The molecule has 1 aromatic carbocycles. The molecule has 0 saturated carbocycles. The second kappa shape index (κ2) is 7.72. The minimum absolute atomic E-state index is 0.163. The van der Waals surface area contributed by atoms with Crippen molar-refractivity contribution < 1.29 is 13.5 Å². The van der Waals surface area contributed by atoms with Crippen LogP contribution < -0.4 is 4.74 Å². The van der Waals surface area contributed by atoms with E-state index in [1.165, 1.54) is 17.1 Å². The minimum atomic E-state index is -2.36. The van der Waals surface area contributed by atoms with Crippen LogP contribution in [0.5, 0.6) is 5.75 Å². The second-order valence-corrected chi connectivity index (χ2v) is 7.33. The summed E-state index contributed by atoms with van der Waals surface area (Å²) in [6.07, 6.45) is 3.37. The molecule has 2 aromatic heterocycles. The van der Waals surface area contributed by atoms with Crippen molar-refractivity contribution in [3.8, 4) is 5.75 Å². The number of halogens is 2. The van der Waals surface area contributed by atoms with Crippen LogP contribution in [-0.4, -0.2) is 39.5 Å². The molecule has 1 saturated heterocycles. The molecule has 0 radical (unpaired) electrons. The Kier molecular flexibility index (Phi) is 5.17. The largest absolute Gasteiger partial charge is 0.490 e. The molecule has 0 spiro atoms. The zero-order valence-electron chi connectivity index (χ0n) is 14.4. The third-order valence-electron chi connectivity index (χ3n) is 4.83. The van der Waals surface area contributed by atoms with Crippen LogP contribution in [0.15, 0.2) is 42.0 Å².